The lowest BCUT2D eigenvalue weighted by atomic mass is 9.62. The van der Waals surface area contributed by atoms with Gasteiger partial charge in [0.15, 0.2) is 0 Å². The molecule has 3 rings (SSSR count). The van der Waals surface area contributed by atoms with Crippen molar-refractivity contribution in [3.05, 3.63) is 52.6 Å². The van der Waals surface area contributed by atoms with Crippen LogP contribution in [0.1, 0.15) is 67.6 Å². The maximum absolute atomic E-state index is 14.1. The van der Waals surface area contributed by atoms with Gasteiger partial charge in [0.1, 0.15) is 12.0 Å². The van der Waals surface area contributed by atoms with Crippen LogP contribution < -0.4 is 4.74 Å². The van der Waals surface area contributed by atoms with Gasteiger partial charge in [-0.25, -0.2) is 0 Å². The fraction of sp³-hybridized carbons (Fsp3) is 0.435. The summed E-state index contributed by atoms with van der Waals surface area (Å²) in [6.45, 7) is 7.50. The first-order chi connectivity index (χ1) is 14.0. The van der Waals surface area contributed by atoms with Crippen LogP contribution in [0.3, 0.4) is 0 Å². The summed E-state index contributed by atoms with van der Waals surface area (Å²) in [4.78, 5) is 11.2. The lowest BCUT2D eigenvalue weighted by molar-refractivity contribution is -0.274. The van der Waals surface area contributed by atoms with E-state index in [1.54, 1.807) is 0 Å². The Bertz CT molecular complexity index is 1020. The highest BCUT2D eigenvalue weighted by atomic mass is 19.4. The molecule has 0 amide bonds. The molecule has 0 N–H and O–H groups in total. The number of carbonyl (C=O) groups excluding carboxylic acids is 1. The zero-order chi connectivity index (χ0) is 23.4. The number of fused-ring (bicyclic) bond motifs is 1. The van der Waals surface area contributed by atoms with E-state index in [1.165, 1.54) is 6.07 Å². The summed E-state index contributed by atoms with van der Waals surface area (Å²) in [5.74, 6) is -0.795. The lowest BCUT2D eigenvalue weighted by Crippen LogP contribution is -2.34. The minimum Gasteiger partial charge on any atom is -0.405 e. The Kier molecular flexibility index (Phi) is 5.44. The molecule has 1 aliphatic carbocycles. The molecule has 1 aliphatic rings. The van der Waals surface area contributed by atoms with Crippen LogP contribution in [-0.2, 0) is 17.0 Å². The minimum atomic E-state index is -5.11. The average Bonchev–Trinajstić information content (AvgIpc) is 2.63. The fourth-order valence-electron chi connectivity index (χ4n) is 4.12. The molecule has 8 heteroatoms. The van der Waals surface area contributed by atoms with Gasteiger partial charge in [-0.1, -0.05) is 27.7 Å². The molecule has 2 aromatic rings. The van der Waals surface area contributed by atoms with E-state index < -0.39 is 45.8 Å². The summed E-state index contributed by atoms with van der Waals surface area (Å²) in [6, 6.07) is 5.27. The number of ether oxygens (including phenoxy) is 1. The highest BCUT2D eigenvalue weighted by Gasteiger charge is 2.42. The summed E-state index contributed by atoms with van der Waals surface area (Å²) in [6.07, 6.45) is -8.19. The minimum absolute atomic E-state index is 0.0602. The monoisotopic (exact) mass is 444 g/mol. The highest BCUT2D eigenvalue weighted by Crippen LogP contribution is 2.51. The Balaban J connectivity index is 2.40. The molecule has 2 nitrogen and oxygen atoms in total. The first kappa shape index (κ1) is 23.2. The molecular weight excluding hydrogens is 422 g/mol. The normalized spacial score (nSPS) is 17.7. The van der Waals surface area contributed by atoms with E-state index >= 15 is 0 Å². The molecular formula is C23H22F6O2. The van der Waals surface area contributed by atoms with Gasteiger partial charge < -0.3 is 4.74 Å². The van der Waals surface area contributed by atoms with Crippen LogP contribution in [0, 0.1) is 0 Å². The van der Waals surface area contributed by atoms with Crippen molar-refractivity contribution >= 4 is 6.29 Å². The second kappa shape index (κ2) is 7.28. The van der Waals surface area contributed by atoms with Gasteiger partial charge in [0.25, 0.3) is 0 Å². The van der Waals surface area contributed by atoms with Crippen molar-refractivity contribution in [3.63, 3.8) is 0 Å². The quantitative estimate of drug-likeness (QED) is 0.363. The van der Waals surface area contributed by atoms with Crippen molar-refractivity contribution in [2.75, 3.05) is 0 Å². The van der Waals surface area contributed by atoms with Crippen LogP contribution in [-0.4, -0.2) is 12.6 Å². The predicted molar refractivity (Wildman–Crippen MR) is 104 cm³/mol. The average molecular weight is 444 g/mol. The molecule has 2 aromatic carbocycles. The van der Waals surface area contributed by atoms with E-state index in [1.807, 2.05) is 27.7 Å². The molecule has 0 unspecified atom stereocenters. The number of aldehydes is 1. The third kappa shape index (κ3) is 4.57. The smallest absolute Gasteiger partial charge is 0.405 e. The predicted octanol–water partition coefficient (Wildman–Crippen LogP) is 7.43. The Labute approximate surface area is 176 Å². The second-order valence-electron chi connectivity index (χ2n) is 9.13. The van der Waals surface area contributed by atoms with Gasteiger partial charge in [0.2, 0.25) is 0 Å². The zero-order valence-corrected chi connectivity index (χ0v) is 17.5. The van der Waals surface area contributed by atoms with Crippen molar-refractivity contribution in [3.8, 4) is 16.9 Å². The molecule has 0 heterocycles. The van der Waals surface area contributed by atoms with Crippen LogP contribution in [0.15, 0.2) is 30.3 Å². The SMILES string of the molecule is CC1(C)CCC(C)(C)c2cc(C(F)(F)F)c(-c3cc(C=O)ccc3OC(F)(F)F)cc21. The van der Waals surface area contributed by atoms with Gasteiger partial charge in [-0.2, -0.15) is 13.2 Å². The summed E-state index contributed by atoms with van der Waals surface area (Å²) in [7, 11) is 0. The number of hydrogen-bond acceptors (Lipinski definition) is 2. The summed E-state index contributed by atoms with van der Waals surface area (Å²) in [5.41, 5.74) is -1.85. The molecule has 0 atom stereocenters. The number of alkyl halides is 6. The maximum Gasteiger partial charge on any atom is 0.573 e. The Hall–Kier alpha value is -2.51. The van der Waals surface area contributed by atoms with Crippen LogP contribution in [0.2, 0.25) is 0 Å². The highest BCUT2D eigenvalue weighted by molar-refractivity contribution is 5.83. The Morgan fingerprint density at radius 2 is 1.39 bits per heavy atom. The lowest BCUT2D eigenvalue weighted by Gasteiger charge is -2.42. The van der Waals surface area contributed by atoms with Crippen molar-refractivity contribution in [1.29, 1.82) is 0 Å². The van der Waals surface area contributed by atoms with E-state index in [0.717, 1.165) is 24.3 Å². The molecule has 0 saturated carbocycles. The van der Waals surface area contributed by atoms with Gasteiger partial charge >= 0.3 is 12.5 Å². The van der Waals surface area contributed by atoms with Crippen molar-refractivity contribution in [2.45, 2.75) is 63.9 Å². The molecule has 0 fully saturated rings. The molecule has 0 aliphatic heterocycles. The molecule has 0 bridgehead atoms. The molecule has 0 aromatic heterocycles. The van der Waals surface area contributed by atoms with Crippen molar-refractivity contribution in [2.24, 2.45) is 0 Å². The largest absolute Gasteiger partial charge is 0.573 e. The Morgan fingerprint density at radius 3 is 1.87 bits per heavy atom. The number of halogens is 6. The topological polar surface area (TPSA) is 26.3 Å². The first-order valence-corrected chi connectivity index (χ1v) is 9.67. The van der Waals surface area contributed by atoms with E-state index in [4.69, 9.17) is 0 Å². The van der Waals surface area contributed by atoms with Gasteiger partial charge in [-0.05, 0) is 70.7 Å². The van der Waals surface area contributed by atoms with Crippen LogP contribution in [0.5, 0.6) is 5.75 Å². The third-order valence-corrected chi connectivity index (χ3v) is 5.95. The van der Waals surface area contributed by atoms with Crippen molar-refractivity contribution in [1.82, 2.24) is 0 Å². The maximum atomic E-state index is 14.1. The zero-order valence-electron chi connectivity index (χ0n) is 17.5. The third-order valence-electron chi connectivity index (χ3n) is 5.95. The van der Waals surface area contributed by atoms with Gasteiger partial charge in [0, 0.05) is 11.1 Å². The number of carbonyl (C=O) groups is 1. The van der Waals surface area contributed by atoms with Crippen LogP contribution in [0.4, 0.5) is 26.3 Å². The molecule has 168 valence electrons. The molecule has 0 spiro atoms. The second-order valence-corrected chi connectivity index (χ2v) is 9.13. The standard InChI is InChI=1S/C23H22F6O2/c1-20(2)7-8-21(3,4)18-11-16(22(24,25)26)14(10-17(18)20)15-9-13(12-30)5-6-19(15)31-23(27,28)29/h5-6,9-12H,7-8H2,1-4H3. The number of benzene rings is 2. The molecule has 0 saturated heterocycles. The van der Waals surface area contributed by atoms with E-state index in [-0.39, 0.29) is 5.56 Å². The summed E-state index contributed by atoms with van der Waals surface area (Å²) < 4.78 is 85.0. The Morgan fingerprint density at radius 1 is 0.839 bits per heavy atom. The number of hydrogen-bond donors (Lipinski definition) is 0. The summed E-state index contributed by atoms with van der Waals surface area (Å²) in [5, 5.41) is 0. The van der Waals surface area contributed by atoms with Crippen LogP contribution >= 0.6 is 0 Å². The van der Waals surface area contributed by atoms with E-state index in [0.29, 0.717) is 30.3 Å². The van der Waals surface area contributed by atoms with Crippen molar-refractivity contribution < 1.29 is 35.9 Å². The van der Waals surface area contributed by atoms with Gasteiger partial charge in [-0.15, -0.1) is 13.2 Å². The first-order valence-electron chi connectivity index (χ1n) is 9.67. The van der Waals surface area contributed by atoms with E-state index in [9.17, 15) is 31.1 Å². The molecule has 31 heavy (non-hydrogen) atoms. The number of rotatable bonds is 3. The fourth-order valence-corrected chi connectivity index (χ4v) is 4.12. The molecule has 0 radical (unpaired) electrons. The van der Waals surface area contributed by atoms with Gasteiger partial charge in [-0.3, -0.25) is 4.79 Å². The summed E-state index contributed by atoms with van der Waals surface area (Å²) >= 11 is 0. The van der Waals surface area contributed by atoms with Gasteiger partial charge in [0.05, 0.1) is 5.56 Å². The van der Waals surface area contributed by atoms with E-state index in [2.05, 4.69) is 4.74 Å². The van der Waals surface area contributed by atoms with Crippen LogP contribution in [0.25, 0.3) is 11.1 Å².